The third-order valence-electron chi connectivity index (χ3n) is 1.23. The molecule has 3 nitrogen and oxygen atoms in total. The Kier molecular flexibility index (Phi) is 5.55. The summed E-state index contributed by atoms with van der Waals surface area (Å²) in [5, 5.41) is 0. The molecule has 0 N–H and O–H groups in total. The molecule has 0 aliphatic rings. The maximum Gasteiger partial charge on any atom is 1.00 e. The average molecular weight is 196 g/mol. The van der Waals surface area contributed by atoms with Crippen LogP contribution in [0.3, 0.4) is 0 Å². The van der Waals surface area contributed by atoms with Gasteiger partial charge in [-0.25, -0.2) is 0 Å². The summed E-state index contributed by atoms with van der Waals surface area (Å²) in [5.74, 6) is 0. The van der Waals surface area contributed by atoms with Gasteiger partial charge in [-0.1, -0.05) is 30.3 Å². The van der Waals surface area contributed by atoms with Gasteiger partial charge >= 0.3 is 26.8 Å². The summed E-state index contributed by atoms with van der Waals surface area (Å²) in [6.07, 6.45) is 0. The van der Waals surface area contributed by atoms with E-state index >= 15 is 0 Å². The van der Waals surface area contributed by atoms with Gasteiger partial charge in [-0.15, -0.1) is 0 Å². The number of rotatable bonds is 3. The summed E-state index contributed by atoms with van der Waals surface area (Å²) >= 11 is 0. The van der Waals surface area contributed by atoms with E-state index in [1.165, 1.54) is 0 Å². The van der Waals surface area contributed by atoms with Crippen molar-refractivity contribution in [2.24, 2.45) is 0 Å². The molecule has 13 heavy (non-hydrogen) atoms. The van der Waals surface area contributed by atoms with E-state index in [-0.39, 0.29) is 25.5 Å². The number of benzene rings is 1. The summed E-state index contributed by atoms with van der Waals surface area (Å²) in [4.78, 5) is 9.94. The summed E-state index contributed by atoms with van der Waals surface area (Å²) in [7, 11) is -5.08. The molecule has 0 radical (unpaired) electrons. The second-order valence-electron chi connectivity index (χ2n) is 2.19. The molecule has 0 heterocycles. The van der Waals surface area contributed by atoms with Crippen LogP contribution in [0, 0.1) is 0 Å². The molecule has 0 saturated heterocycles. The van der Waals surface area contributed by atoms with Crippen LogP contribution in [0.2, 0.25) is 0 Å². The zero-order valence-corrected chi connectivity index (χ0v) is 8.04. The molecule has 6 heteroatoms. The molecule has 66 valence electrons. The smallest absolute Gasteiger partial charge is 0.753 e. The second-order valence-corrected chi connectivity index (χ2v) is 3.31. The molecular weight excluding hydrogens is 189 g/mol. The van der Waals surface area contributed by atoms with Crippen LogP contribution in [0.4, 0.5) is 4.20 Å². The van der Waals surface area contributed by atoms with E-state index in [0.29, 0.717) is 5.56 Å². The van der Waals surface area contributed by atoms with Crippen molar-refractivity contribution in [3.63, 3.8) is 0 Å². The molecule has 0 aromatic heterocycles. The predicted molar refractivity (Wildman–Crippen MR) is 39.9 cm³/mol. The number of hydrogen-bond donors (Lipinski definition) is 0. The molecule has 1 unspecified atom stereocenters. The van der Waals surface area contributed by atoms with Gasteiger partial charge < -0.3 is 9.42 Å². The van der Waals surface area contributed by atoms with Crippen LogP contribution < -0.4 is 23.8 Å². The van der Waals surface area contributed by atoms with Crippen molar-refractivity contribution < 1.29 is 37.0 Å². The van der Waals surface area contributed by atoms with Crippen molar-refractivity contribution in [2.75, 3.05) is 0 Å². The Balaban J connectivity index is 0.00000144. The van der Waals surface area contributed by atoms with Gasteiger partial charge in [0.25, 0.3) is 0 Å². The van der Waals surface area contributed by atoms with Crippen LogP contribution in [0.1, 0.15) is 5.56 Å². The van der Waals surface area contributed by atoms with Crippen LogP contribution in [0.15, 0.2) is 30.3 Å². The normalized spacial score (nSPS) is 14.3. The average Bonchev–Trinajstić information content (AvgIpc) is 2.02. The van der Waals surface area contributed by atoms with Crippen molar-refractivity contribution in [3.05, 3.63) is 35.9 Å². The van der Waals surface area contributed by atoms with Gasteiger partial charge in [0.05, 0.1) is 6.61 Å². The number of hydrogen-bond acceptors (Lipinski definition) is 3. The first-order valence-corrected chi connectivity index (χ1v) is 4.70. The van der Waals surface area contributed by atoms with Crippen molar-refractivity contribution >= 4 is 7.91 Å². The minimum absolute atomic E-state index is 0. The first kappa shape index (κ1) is 12.9. The molecule has 0 aliphatic heterocycles. The van der Waals surface area contributed by atoms with Crippen LogP contribution >= 0.6 is 7.91 Å². The minimum Gasteiger partial charge on any atom is -0.753 e. The van der Waals surface area contributed by atoms with Crippen LogP contribution in [-0.4, -0.2) is 0 Å². The molecule has 0 spiro atoms. The van der Waals surface area contributed by atoms with Crippen molar-refractivity contribution in [1.29, 1.82) is 0 Å². The molecular formula is C7H7FLiO3P. The predicted octanol–water partition coefficient (Wildman–Crippen LogP) is -1.35. The van der Waals surface area contributed by atoms with Crippen LogP contribution in [0.5, 0.6) is 0 Å². The van der Waals surface area contributed by atoms with Crippen molar-refractivity contribution in [2.45, 2.75) is 6.61 Å². The van der Waals surface area contributed by atoms with E-state index in [2.05, 4.69) is 4.52 Å². The fourth-order valence-corrected chi connectivity index (χ4v) is 1.03. The summed E-state index contributed by atoms with van der Waals surface area (Å²) in [6, 6.07) is 8.50. The Morgan fingerprint density at radius 1 is 1.38 bits per heavy atom. The van der Waals surface area contributed by atoms with Gasteiger partial charge in [0, 0.05) is 0 Å². The monoisotopic (exact) mass is 196 g/mol. The van der Waals surface area contributed by atoms with E-state index < -0.39 is 7.91 Å². The Labute approximate surface area is 87.8 Å². The van der Waals surface area contributed by atoms with Crippen molar-refractivity contribution in [3.8, 4) is 0 Å². The van der Waals surface area contributed by atoms with Crippen LogP contribution in [-0.2, 0) is 15.7 Å². The summed E-state index contributed by atoms with van der Waals surface area (Å²) in [6.45, 7) is -0.252. The molecule has 1 aromatic carbocycles. The molecule has 0 saturated carbocycles. The molecule has 0 bridgehead atoms. The molecule has 1 rings (SSSR count). The third-order valence-corrected chi connectivity index (χ3v) is 1.67. The van der Waals surface area contributed by atoms with Gasteiger partial charge in [-0.2, -0.15) is 4.20 Å². The summed E-state index contributed by atoms with van der Waals surface area (Å²) in [5.41, 5.74) is 0.617. The third kappa shape index (κ3) is 6.03. The second kappa shape index (κ2) is 5.59. The zero-order valence-electron chi connectivity index (χ0n) is 7.14. The first-order chi connectivity index (χ1) is 5.58. The Bertz CT molecular complexity index is 287. The molecule has 0 fully saturated rings. The zero-order chi connectivity index (χ0) is 9.03. The first-order valence-electron chi connectivity index (χ1n) is 3.27. The van der Waals surface area contributed by atoms with Crippen molar-refractivity contribution in [1.82, 2.24) is 0 Å². The maximum absolute atomic E-state index is 11.9. The Hall–Kier alpha value is -0.103. The quantitative estimate of drug-likeness (QED) is 0.443. The van der Waals surface area contributed by atoms with E-state index in [0.717, 1.165) is 0 Å². The topological polar surface area (TPSA) is 49.4 Å². The standard InChI is InChI=1S/C7H8FO3P.Li/c8-12(9,10)11-6-7-4-2-1-3-5-7;/h1-5H,6H2,(H,9,10);/q;+1/p-1. The molecule has 1 atom stereocenters. The van der Waals surface area contributed by atoms with Gasteiger partial charge in [-0.3, -0.25) is 4.57 Å². The maximum atomic E-state index is 11.9. The number of halogens is 1. The SMILES string of the molecule is O=P([O-])(F)OCc1ccccc1.[Li+]. The molecule has 0 amide bonds. The molecule has 0 aliphatic carbocycles. The van der Waals surface area contributed by atoms with Gasteiger partial charge in [0.2, 0.25) is 0 Å². The van der Waals surface area contributed by atoms with E-state index in [1.807, 2.05) is 0 Å². The Morgan fingerprint density at radius 3 is 2.38 bits per heavy atom. The fourth-order valence-electron chi connectivity index (χ4n) is 0.726. The minimum atomic E-state index is -5.08. The van der Waals surface area contributed by atoms with Gasteiger partial charge in [-0.05, 0) is 5.56 Å². The molecule has 1 aromatic rings. The van der Waals surface area contributed by atoms with E-state index in [4.69, 9.17) is 0 Å². The van der Waals surface area contributed by atoms with E-state index in [1.54, 1.807) is 30.3 Å². The van der Waals surface area contributed by atoms with E-state index in [9.17, 15) is 13.7 Å². The van der Waals surface area contributed by atoms with Crippen LogP contribution in [0.25, 0.3) is 0 Å². The Morgan fingerprint density at radius 2 is 1.92 bits per heavy atom. The largest absolute Gasteiger partial charge is 1.00 e. The summed E-state index contributed by atoms with van der Waals surface area (Å²) < 4.78 is 25.7. The fraction of sp³-hybridized carbons (Fsp3) is 0.143. The van der Waals surface area contributed by atoms with Gasteiger partial charge in [0.15, 0.2) is 0 Å². The van der Waals surface area contributed by atoms with Gasteiger partial charge in [0.1, 0.15) is 0 Å².